The summed E-state index contributed by atoms with van der Waals surface area (Å²) in [5.74, 6) is 1.23. The number of carbonyl (C=O) groups is 1. The first kappa shape index (κ1) is 18.2. The third kappa shape index (κ3) is 3.50. The Morgan fingerprint density at radius 2 is 2.00 bits per heavy atom. The number of hydrogen-bond acceptors (Lipinski definition) is 5. The molecule has 1 unspecified atom stereocenters. The van der Waals surface area contributed by atoms with E-state index < -0.39 is 0 Å². The Balaban J connectivity index is 1.52. The number of benzene rings is 1. The van der Waals surface area contributed by atoms with E-state index in [9.17, 15) is 4.79 Å². The van der Waals surface area contributed by atoms with Crippen molar-refractivity contribution in [2.45, 2.75) is 38.7 Å². The fraction of sp³-hybridized carbons (Fsp3) is 0.300. The first-order valence-electron chi connectivity index (χ1n) is 9.47. The van der Waals surface area contributed by atoms with Gasteiger partial charge in [0.25, 0.3) is 0 Å². The molecule has 1 N–H and O–H groups in total. The van der Waals surface area contributed by atoms with E-state index in [0.29, 0.717) is 19.0 Å². The highest BCUT2D eigenvalue weighted by molar-refractivity contribution is 6.78. The van der Waals surface area contributed by atoms with Gasteiger partial charge in [-0.05, 0) is 45.3 Å². The summed E-state index contributed by atoms with van der Waals surface area (Å²) in [7, 11) is 0.550. The molecule has 1 saturated heterocycles. The van der Waals surface area contributed by atoms with Crippen LogP contribution in [-0.4, -0.2) is 38.4 Å². The van der Waals surface area contributed by atoms with Gasteiger partial charge in [-0.1, -0.05) is 18.2 Å². The number of carbonyl (C=O) groups excluding carboxylic acids is 1. The number of hydrogen-bond donors (Lipinski definition) is 1. The predicted molar refractivity (Wildman–Crippen MR) is 112 cm³/mol. The number of para-hydroxylation sites is 1. The van der Waals surface area contributed by atoms with Crippen LogP contribution in [0.5, 0.6) is 0 Å². The van der Waals surface area contributed by atoms with Crippen LogP contribution in [0.3, 0.4) is 0 Å². The maximum absolute atomic E-state index is 12.3. The largest absolute Gasteiger partial charge is 0.348 e. The van der Waals surface area contributed by atoms with Gasteiger partial charge in [0.05, 0.1) is 17.9 Å². The standard InChI is InChI=1S/C20H23BN6O/c1-14(15-11-23-26(12-15)16-7-5-4-6-8-16)24-19-22-10-9-17(25-19)27-18(28)21-13-20(27,2)3/h4-12,14,21H,13H2,1-3H3,(H,22,24,25). The van der Waals surface area contributed by atoms with Gasteiger partial charge in [-0.25, -0.2) is 9.67 Å². The van der Waals surface area contributed by atoms with Crippen molar-refractivity contribution in [3.05, 3.63) is 60.6 Å². The Morgan fingerprint density at radius 1 is 1.21 bits per heavy atom. The predicted octanol–water partition coefficient (Wildman–Crippen LogP) is 3.41. The van der Waals surface area contributed by atoms with Crippen molar-refractivity contribution < 1.29 is 4.79 Å². The molecular weight excluding hydrogens is 351 g/mol. The fourth-order valence-electron chi connectivity index (χ4n) is 3.51. The van der Waals surface area contributed by atoms with E-state index in [2.05, 4.69) is 34.2 Å². The van der Waals surface area contributed by atoms with Gasteiger partial charge in [-0.3, -0.25) is 4.79 Å². The van der Waals surface area contributed by atoms with Crippen molar-refractivity contribution in [1.82, 2.24) is 19.7 Å². The van der Waals surface area contributed by atoms with Crippen molar-refractivity contribution in [2.24, 2.45) is 0 Å². The Kier molecular flexibility index (Phi) is 4.62. The Labute approximate surface area is 165 Å². The van der Waals surface area contributed by atoms with E-state index in [4.69, 9.17) is 0 Å². The SMILES string of the molecule is CC(Nc1nccc(N2C(=O)BCC2(C)C)n1)c1cnn(-c2ccccc2)c1. The van der Waals surface area contributed by atoms with Crippen LogP contribution in [0.25, 0.3) is 5.69 Å². The molecule has 1 aliphatic heterocycles. The van der Waals surface area contributed by atoms with Crippen LogP contribution in [0.15, 0.2) is 55.0 Å². The summed E-state index contributed by atoms with van der Waals surface area (Å²) in [5.41, 5.74) is 1.80. The number of nitrogens with zero attached hydrogens (tertiary/aromatic N) is 5. The fourth-order valence-corrected chi connectivity index (χ4v) is 3.51. The maximum atomic E-state index is 12.3. The monoisotopic (exact) mass is 374 g/mol. The number of amides is 1. The van der Waals surface area contributed by atoms with Gasteiger partial charge in [-0.15, -0.1) is 0 Å². The van der Waals surface area contributed by atoms with Crippen molar-refractivity contribution in [3.8, 4) is 5.69 Å². The summed E-state index contributed by atoms with van der Waals surface area (Å²) >= 11 is 0. The summed E-state index contributed by atoms with van der Waals surface area (Å²) in [6.45, 7) is 6.16. The highest BCUT2D eigenvalue weighted by Crippen LogP contribution is 2.31. The Hall–Kier alpha value is -3.16. The molecule has 0 aliphatic carbocycles. The third-order valence-electron chi connectivity index (χ3n) is 5.14. The van der Waals surface area contributed by atoms with Crippen molar-refractivity contribution in [3.63, 3.8) is 0 Å². The van der Waals surface area contributed by atoms with Crippen LogP contribution < -0.4 is 10.2 Å². The van der Waals surface area contributed by atoms with E-state index in [1.165, 1.54) is 0 Å². The number of rotatable bonds is 5. The lowest BCUT2D eigenvalue weighted by molar-refractivity contribution is 0.261. The molecule has 2 aromatic heterocycles. The first-order valence-corrected chi connectivity index (χ1v) is 9.47. The normalized spacial score (nSPS) is 16.7. The summed E-state index contributed by atoms with van der Waals surface area (Å²) in [5, 5.41) is 7.76. The summed E-state index contributed by atoms with van der Waals surface area (Å²) in [4.78, 5) is 23.0. The van der Waals surface area contributed by atoms with Gasteiger partial charge in [0.1, 0.15) is 5.82 Å². The zero-order valence-corrected chi connectivity index (χ0v) is 16.3. The van der Waals surface area contributed by atoms with Gasteiger partial charge >= 0.3 is 0 Å². The molecule has 0 radical (unpaired) electrons. The molecule has 0 bridgehead atoms. The van der Waals surface area contributed by atoms with E-state index in [-0.39, 0.29) is 17.4 Å². The molecule has 1 atom stereocenters. The molecule has 1 aromatic carbocycles. The van der Waals surface area contributed by atoms with E-state index in [1.54, 1.807) is 17.2 Å². The average Bonchev–Trinajstić information content (AvgIpc) is 3.27. The first-order chi connectivity index (χ1) is 13.4. The molecule has 1 aliphatic rings. The van der Waals surface area contributed by atoms with Crippen molar-refractivity contribution in [1.29, 1.82) is 0 Å². The van der Waals surface area contributed by atoms with Gasteiger partial charge in [0, 0.05) is 23.5 Å². The van der Waals surface area contributed by atoms with Crippen molar-refractivity contribution in [2.75, 3.05) is 10.2 Å². The molecule has 7 nitrogen and oxygen atoms in total. The third-order valence-corrected chi connectivity index (χ3v) is 5.14. The van der Waals surface area contributed by atoms with Gasteiger partial charge in [0.15, 0.2) is 5.81 Å². The molecule has 28 heavy (non-hydrogen) atoms. The number of aromatic nitrogens is 4. The van der Waals surface area contributed by atoms with Crippen LogP contribution >= 0.6 is 0 Å². The molecule has 3 aromatic rings. The minimum absolute atomic E-state index is 0.0324. The van der Waals surface area contributed by atoms with Crippen molar-refractivity contribution >= 4 is 24.9 Å². The highest BCUT2D eigenvalue weighted by atomic mass is 16.2. The van der Waals surface area contributed by atoms with Crippen LogP contribution in [0.1, 0.15) is 32.4 Å². The minimum Gasteiger partial charge on any atom is -0.348 e. The zero-order chi connectivity index (χ0) is 19.7. The smallest absolute Gasteiger partial charge is 0.237 e. The summed E-state index contributed by atoms with van der Waals surface area (Å²) < 4.78 is 1.84. The average molecular weight is 374 g/mol. The molecular formula is C20H23BN6O. The molecule has 1 fully saturated rings. The summed E-state index contributed by atoms with van der Waals surface area (Å²) in [6, 6.07) is 11.7. The second kappa shape index (κ2) is 7.11. The van der Waals surface area contributed by atoms with Gasteiger partial charge in [0.2, 0.25) is 13.2 Å². The van der Waals surface area contributed by atoms with Gasteiger partial charge < -0.3 is 10.2 Å². The lowest BCUT2D eigenvalue weighted by Gasteiger charge is -2.31. The number of anilines is 2. The molecule has 142 valence electrons. The highest BCUT2D eigenvalue weighted by Gasteiger charge is 2.40. The van der Waals surface area contributed by atoms with Crippen LogP contribution in [-0.2, 0) is 0 Å². The maximum Gasteiger partial charge on any atom is 0.237 e. The lowest BCUT2D eigenvalue weighted by Crippen LogP contribution is -2.41. The Morgan fingerprint density at radius 3 is 2.71 bits per heavy atom. The lowest BCUT2D eigenvalue weighted by atomic mass is 9.73. The molecule has 8 heteroatoms. The van der Waals surface area contributed by atoms with Crippen LogP contribution in [0.2, 0.25) is 6.32 Å². The molecule has 1 amide bonds. The Bertz CT molecular complexity index is 987. The van der Waals surface area contributed by atoms with Crippen LogP contribution in [0, 0.1) is 0 Å². The van der Waals surface area contributed by atoms with E-state index >= 15 is 0 Å². The molecule has 3 heterocycles. The quantitative estimate of drug-likeness (QED) is 0.693. The second-order valence-corrected chi connectivity index (χ2v) is 7.70. The van der Waals surface area contributed by atoms with E-state index in [1.807, 2.05) is 54.3 Å². The second-order valence-electron chi connectivity index (χ2n) is 7.70. The number of nitrogens with one attached hydrogen (secondary N) is 1. The summed E-state index contributed by atoms with van der Waals surface area (Å²) in [6.07, 6.45) is 6.34. The topological polar surface area (TPSA) is 75.9 Å². The zero-order valence-electron chi connectivity index (χ0n) is 16.3. The van der Waals surface area contributed by atoms with Crippen LogP contribution in [0.4, 0.5) is 16.6 Å². The molecule has 0 saturated carbocycles. The minimum atomic E-state index is -0.231. The van der Waals surface area contributed by atoms with E-state index in [0.717, 1.165) is 17.6 Å². The molecule has 0 spiro atoms. The molecule has 4 rings (SSSR count). The van der Waals surface area contributed by atoms with Gasteiger partial charge in [-0.2, -0.15) is 10.1 Å².